The van der Waals surface area contributed by atoms with Gasteiger partial charge in [0.05, 0.1) is 6.61 Å². The molecule has 2 aromatic heterocycles. The maximum absolute atomic E-state index is 5.95. The Morgan fingerprint density at radius 2 is 1.79 bits per heavy atom. The van der Waals surface area contributed by atoms with Gasteiger partial charge in [-0.15, -0.1) is 10.2 Å². The van der Waals surface area contributed by atoms with Gasteiger partial charge >= 0.3 is 0 Å². The number of benzene rings is 1. The van der Waals surface area contributed by atoms with Gasteiger partial charge in [0, 0.05) is 49.9 Å². The molecule has 0 unspecified atom stereocenters. The summed E-state index contributed by atoms with van der Waals surface area (Å²) in [6.45, 7) is 5.93. The Kier molecular flexibility index (Phi) is 5.87. The second-order valence-corrected chi connectivity index (χ2v) is 7.86. The Bertz CT molecular complexity index is 911. The van der Waals surface area contributed by atoms with Gasteiger partial charge in [-0.1, -0.05) is 35.1 Å². The van der Waals surface area contributed by atoms with Crippen LogP contribution in [0.3, 0.4) is 0 Å². The highest BCUT2D eigenvalue weighted by atomic mass is 35.5. The molecule has 3 aromatic rings. The average Bonchev–Trinajstić information content (AvgIpc) is 3.19. The van der Waals surface area contributed by atoms with Crippen LogP contribution in [0.25, 0.3) is 0 Å². The fourth-order valence-electron chi connectivity index (χ4n) is 3.03. The van der Waals surface area contributed by atoms with E-state index in [1.807, 2.05) is 31.2 Å². The Morgan fingerprint density at radius 1 is 1.04 bits per heavy atom. The second kappa shape index (κ2) is 8.70. The summed E-state index contributed by atoms with van der Waals surface area (Å²) >= 11 is 7.59. The molecule has 1 fully saturated rings. The van der Waals surface area contributed by atoms with E-state index in [0.29, 0.717) is 18.4 Å². The van der Waals surface area contributed by atoms with E-state index in [1.165, 1.54) is 5.56 Å². The zero-order valence-corrected chi connectivity index (χ0v) is 17.2. The van der Waals surface area contributed by atoms with Gasteiger partial charge in [0.25, 0.3) is 0 Å². The summed E-state index contributed by atoms with van der Waals surface area (Å²) in [5, 5.41) is 11.5. The summed E-state index contributed by atoms with van der Waals surface area (Å²) in [7, 11) is 0. The van der Waals surface area contributed by atoms with E-state index >= 15 is 0 Å². The van der Waals surface area contributed by atoms with Crippen LogP contribution in [0.5, 0.6) is 5.88 Å². The summed E-state index contributed by atoms with van der Waals surface area (Å²) in [4.78, 5) is 13.3. The molecular formula is C19H21ClN6OS. The van der Waals surface area contributed by atoms with Crippen LogP contribution in [-0.4, -0.2) is 53.0 Å². The minimum atomic E-state index is 0.597. The molecule has 0 bridgehead atoms. The van der Waals surface area contributed by atoms with Crippen LogP contribution in [0.2, 0.25) is 5.02 Å². The minimum Gasteiger partial charge on any atom is -0.478 e. The van der Waals surface area contributed by atoms with Crippen molar-refractivity contribution < 1.29 is 4.74 Å². The standard InChI is InChI=1S/C19H21ClN6OS/c1-2-27-16-7-8-21-18(22-16)25-9-11-26(12-10-25)19-24-23-17(28-19)13-14-3-5-15(20)6-4-14/h3-8H,2,9-13H2,1H3. The van der Waals surface area contributed by atoms with E-state index in [9.17, 15) is 0 Å². The summed E-state index contributed by atoms with van der Waals surface area (Å²) < 4.78 is 5.47. The highest BCUT2D eigenvalue weighted by Crippen LogP contribution is 2.25. The van der Waals surface area contributed by atoms with Crippen LogP contribution in [0.4, 0.5) is 11.1 Å². The fourth-order valence-corrected chi connectivity index (χ4v) is 4.08. The number of ether oxygens (including phenoxy) is 1. The number of hydrogen-bond donors (Lipinski definition) is 0. The molecule has 1 saturated heterocycles. The molecule has 0 amide bonds. The molecule has 4 rings (SSSR count). The molecule has 1 aliphatic rings. The van der Waals surface area contributed by atoms with Crippen molar-refractivity contribution >= 4 is 34.0 Å². The minimum absolute atomic E-state index is 0.597. The lowest BCUT2D eigenvalue weighted by Crippen LogP contribution is -2.47. The largest absolute Gasteiger partial charge is 0.478 e. The van der Waals surface area contributed by atoms with Gasteiger partial charge in [0.2, 0.25) is 17.0 Å². The van der Waals surface area contributed by atoms with Gasteiger partial charge in [-0.3, -0.25) is 0 Å². The number of aromatic nitrogens is 4. The molecule has 7 nitrogen and oxygen atoms in total. The molecule has 3 heterocycles. The smallest absolute Gasteiger partial charge is 0.228 e. The molecule has 146 valence electrons. The Balaban J connectivity index is 1.36. The van der Waals surface area contributed by atoms with E-state index in [0.717, 1.165) is 47.8 Å². The first-order chi connectivity index (χ1) is 13.7. The molecule has 0 aliphatic carbocycles. The first-order valence-electron chi connectivity index (χ1n) is 9.24. The van der Waals surface area contributed by atoms with E-state index in [1.54, 1.807) is 23.6 Å². The van der Waals surface area contributed by atoms with Gasteiger partial charge in [0.1, 0.15) is 5.01 Å². The predicted octanol–water partition coefficient (Wildman–Crippen LogP) is 3.30. The first-order valence-corrected chi connectivity index (χ1v) is 10.4. The zero-order valence-electron chi connectivity index (χ0n) is 15.6. The van der Waals surface area contributed by atoms with Gasteiger partial charge in [-0.25, -0.2) is 4.98 Å². The van der Waals surface area contributed by atoms with Gasteiger partial charge in [-0.05, 0) is 24.6 Å². The average molecular weight is 417 g/mol. The van der Waals surface area contributed by atoms with Crippen LogP contribution in [0.1, 0.15) is 17.5 Å². The third kappa shape index (κ3) is 4.51. The number of anilines is 2. The molecule has 0 N–H and O–H groups in total. The quantitative estimate of drug-likeness (QED) is 0.610. The van der Waals surface area contributed by atoms with Crippen molar-refractivity contribution in [1.82, 2.24) is 20.2 Å². The molecule has 1 aliphatic heterocycles. The maximum atomic E-state index is 5.95. The van der Waals surface area contributed by atoms with Crippen molar-refractivity contribution in [2.75, 3.05) is 42.6 Å². The summed E-state index contributed by atoms with van der Waals surface area (Å²) in [6, 6.07) is 9.64. The molecule has 9 heteroatoms. The van der Waals surface area contributed by atoms with Crippen molar-refractivity contribution in [3.8, 4) is 5.88 Å². The van der Waals surface area contributed by atoms with Crippen LogP contribution in [0, 0.1) is 0 Å². The Morgan fingerprint density at radius 3 is 2.54 bits per heavy atom. The van der Waals surface area contributed by atoms with Crippen molar-refractivity contribution in [1.29, 1.82) is 0 Å². The topological polar surface area (TPSA) is 67.3 Å². The van der Waals surface area contributed by atoms with Gasteiger partial charge in [-0.2, -0.15) is 4.98 Å². The van der Waals surface area contributed by atoms with E-state index in [-0.39, 0.29) is 0 Å². The molecule has 0 saturated carbocycles. The van der Waals surface area contributed by atoms with Crippen LogP contribution < -0.4 is 14.5 Å². The van der Waals surface area contributed by atoms with Gasteiger partial charge in [0.15, 0.2) is 0 Å². The summed E-state index contributed by atoms with van der Waals surface area (Å²) in [5.74, 6) is 1.33. The normalized spacial score (nSPS) is 14.4. The van der Waals surface area contributed by atoms with Gasteiger partial charge < -0.3 is 14.5 Å². The number of halogens is 1. The first kappa shape index (κ1) is 18.9. The lowest BCUT2D eigenvalue weighted by molar-refractivity contribution is 0.326. The van der Waals surface area contributed by atoms with Crippen molar-refractivity contribution in [3.05, 3.63) is 52.1 Å². The lowest BCUT2D eigenvalue weighted by atomic mass is 10.2. The van der Waals surface area contributed by atoms with Crippen LogP contribution >= 0.6 is 22.9 Å². The highest BCUT2D eigenvalue weighted by Gasteiger charge is 2.22. The summed E-state index contributed by atoms with van der Waals surface area (Å²) in [6.07, 6.45) is 2.51. The zero-order chi connectivity index (χ0) is 19.3. The molecule has 0 radical (unpaired) electrons. The number of piperazine rings is 1. The second-order valence-electron chi connectivity index (χ2n) is 6.38. The number of hydrogen-bond acceptors (Lipinski definition) is 8. The maximum Gasteiger partial charge on any atom is 0.228 e. The molecule has 0 atom stereocenters. The Hall–Kier alpha value is -2.45. The van der Waals surface area contributed by atoms with E-state index in [4.69, 9.17) is 16.3 Å². The predicted molar refractivity (Wildman–Crippen MR) is 112 cm³/mol. The molecule has 1 aromatic carbocycles. The van der Waals surface area contributed by atoms with E-state index in [2.05, 4.69) is 30.0 Å². The molecule has 28 heavy (non-hydrogen) atoms. The number of nitrogens with zero attached hydrogens (tertiary/aromatic N) is 6. The summed E-state index contributed by atoms with van der Waals surface area (Å²) in [5.41, 5.74) is 1.18. The fraction of sp³-hybridized carbons (Fsp3) is 0.368. The Labute approximate surface area is 173 Å². The molecule has 0 spiro atoms. The monoisotopic (exact) mass is 416 g/mol. The number of rotatable bonds is 6. The van der Waals surface area contributed by atoms with E-state index < -0.39 is 0 Å². The third-order valence-corrected chi connectivity index (χ3v) is 5.70. The SMILES string of the molecule is CCOc1ccnc(N2CCN(c3nnc(Cc4ccc(Cl)cc4)s3)CC2)n1. The lowest BCUT2D eigenvalue weighted by Gasteiger charge is -2.34. The van der Waals surface area contributed by atoms with Crippen molar-refractivity contribution in [2.24, 2.45) is 0 Å². The van der Waals surface area contributed by atoms with Crippen molar-refractivity contribution in [3.63, 3.8) is 0 Å². The van der Waals surface area contributed by atoms with Crippen LogP contribution in [0.15, 0.2) is 36.5 Å². The highest BCUT2D eigenvalue weighted by molar-refractivity contribution is 7.15. The molecular weight excluding hydrogens is 396 g/mol. The van der Waals surface area contributed by atoms with Crippen LogP contribution in [-0.2, 0) is 6.42 Å². The third-order valence-electron chi connectivity index (χ3n) is 4.47. The van der Waals surface area contributed by atoms with Crippen molar-refractivity contribution in [2.45, 2.75) is 13.3 Å².